The lowest BCUT2D eigenvalue weighted by atomic mass is 9.78. The summed E-state index contributed by atoms with van der Waals surface area (Å²) in [4.78, 5) is 4.22. The summed E-state index contributed by atoms with van der Waals surface area (Å²) in [5, 5.41) is 3.69. The van der Waals surface area contributed by atoms with Gasteiger partial charge in [-0.25, -0.2) is 0 Å². The second kappa shape index (κ2) is 5.30. The Morgan fingerprint density at radius 3 is 3.00 bits per heavy atom. The molecule has 2 aliphatic rings. The van der Waals surface area contributed by atoms with Crippen molar-refractivity contribution in [2.75, 3.05) is 6.54 Å². The first kappa shape index (κ1) is 12.6. The van der Waals surface area contributed by atoms with Crippen LogP contribution in [0.1, 0.15) is 38.2 Å². The highest BCUT2D eigenvalue weighted by Gasteiger charge is 2.31. The van der Waals surface area contributed by atoms with E-state index in [-0.39, 0.29) is 5.54 Å². The Kier molecular flexibility index (Phi) is 3.52. The van der Waals surface area contributed by atoms with Gasteiger partial charge >= 0.3 is 0 Å². The zero-order valence-corrected chi connectivity index (χ0v) is 11.5. The van der Waals surface area contributed by atoms with Crippen LogP contribution in [0.25, 0.3) is 5.57 Å². The van der Waals surface area contributed by atoms with Crippen molar-refractivity contribution >= 4 is 5.57 Å². The van der Waals surface area contributed by atoms with Gasteiger partial charge in [0.05, 0.1) is 0 Å². The molecule has 99 valence electrons. The molecule has 1 aromatic rings. The van der Waals surface area contributed by atoms with Crippen LogP contribution in [0.3, 0.4) is 0 Å². The van der Waals surface area contributed by atoms with Gasteiger partial charge in [-0.3, -0.25) is 4.98 Å². The number of pyridine rings is 1. The van der Waals surface area contributed by atoms with Gasteiger partial charge in [0.25, 0.3) is 0 Å². The number of piperidine rings is 1. The van der Waals surface area contributed by atoms with Gasteiger partial charge in [0.1, 0.15) is 0 Å². The smallest absolute Gasteiger partial charge is 0.0371 e. The topological polar surface area (TPSA) is 24.9 Å². The molecule has 1 aromatic heterocycles. The number of hydrogen-bond acceptors (Lipinski definition) is 2. The monoisotopic (exact) mass is 253 g/mol. The van der Waals surface area contributed by atoms with Crippen LogP contribution in [0.5, 0.6) is 0 Å². The van der Waals surface area contributed by atoms with Gasteiger partial charge in [-0.05, 0) is 61.9 Å². The summed E-state index contributed by atoms with van der Waals surface area (Å²) in [7, 11) is 0. The van der Waals surface area contributed by atoms with Gasteiger partial charge in [0, 0.05) is 17.9 Å². The molecule has 2 heteroatoms. The first-order valence-electron chi connectivity index (χ1n) is 7.19. The molecule has 2 nitrogen and oxygen atoms in total. The number of allylic oxidation sites excluding steroid dienone is 3. The molecule has 0 amide bonds. The third kappa shape index (κ3) is 2.64. The normalized spacial score (nSPS) is 27.6. The van der Waals surface area contributed by atoms with Crippen LogP contribution in [0.2, 0.25) is 0 Å². The molecule has 19 heavy (non-hydrogen) atoms. The minimum atomic E-state index is 0.153. The predicted octanol–water partition coefficient (Wildman–Crippen LogP) is 3.53. The lowest BCUT2D eigenvalue weighted by molar-refractivity contribution is 0.325. The summed E-state index contributed by atoms with van der Waals surface area (Å²) < 4.78 is 0. The van der Waals surface area contributed by atoms with E-state index in [2.05, 4.69) is 41.9 Å². The lowest BCUT2D eigenvalue weighted by Crippen LogP contribution is -2.47. The first-order chi connectivity index (χ1) is 9.28. The van der Waals surface area contributed by atoms with Crippen molar-refractivity contribution < 1.29 is 0 Å². The molecule has 0 unspecified atom stereocenters. The Morgan fingerprint density at radius 1 is 1.32 bits per heavy atom. The molecule has 3 rings (SSSR count). The number of nitrogens with zero attached hydrogens (tertiary/aromatic N) is 1. The molecule has 0 bridgehead atoms. The summed E-state index contributed by atoms with van der Waals surface area (Å²) in [5.74, 6) is 0. The molecule has 0 aromatic carbocycles. The summed E-state index contributed by atoms with van der Waals surface area (Å²) in [6.07, 6.45) is 15.6. The SMILES string of the molecule is C[C@@]1(C2=CC(c3cccnc3)=CC[CH]2)CCCCN1. The molecular weight excluding hydrogens is 232 g/mol. The summed E-state index contributed by atoms with van der Waals surface area (Å²) in [5.41, 5.74) is 4.11. The molecule has 0 saturated carbocycles. The van der Waals surface area contributed by atoms with Crippen LogP contribution in [-0.4, -0.2) is 17.1 Å². The van der Waals surface area contributed by atoms with Crippen molar-refractivity contribution in [1.82, 2.24) is 10.3 Å². The van der Waals surface area contributed by atoms with Crippen molar-refractivity contribution in [1.29, 1.82) is 0 Å². The Morgan fingerprint density at radius 2 is 2.26 bits per heavy atom. The second-order valence-electron chi connectivity index (χ2n) is 5.66. The zero-order valence-electron chi connectivity index (χ0n) is 11.5. The van der Waals surface area contributed by atoms with E-state index in [0.717, 1.165) is 13.0 Å². The van der Waals surface area contributed by atoms with Gasteiger partial charge in [0.15, 0.2) is 0 Å². The number of rotatable bonds is 2. The highest BCUT2D eigenvalue weighted by Crippen LogP contribution is 2.34. The van der Waals surface area contributed by atoms with Crippen LogP contribution in [0.4, 0.5) is 0 Å². The maximum Gasteiger partial charge on any atom is 0.0371 e. The highest BCUT2D eigenvalue weighted by atomic mass is 15.0. The largest absolute Gasteiger partial charge is 0.308 e. The van der Waals surface area contributed by atoms with Gasteiger partial charge in [-0.2, -0.15) is 0 Å². The van der Waals surface area contributed by atoms with Gasteiger partial charge in [-0.15, -0.1) is 0 Å². The summed E-state index contributed by atoms with van der Waals surface area (Å²) in [6.45, 7) is 3.47. The molecule has 1 radical (unpaired) electrons. The van der Waals surface area contributed by atoms with E-state index in [1.807, 2.05) is 18.5 Å². The minimum Gasteiger partial charge on any atom is -0.308 e. The van der Waals surface area contributed by atoms with E-state index >= 15 is 0 Å². The molecule has 1 atom stereocenters. The molecular formula is C17H21N2. The Bertz CT molecular complexity index is 493. The lowest BCUT2D eigenvalue weighted by Gasteiger charge is -2.38. The van der Waals surface area contributed by atoms with Crippen LogP contribution in [0.15, 0.2) is 42.3 Å². The van der Waals surface area contributed by atoms with Crippen molar-refractivity contribution in [2.45, 2.75) is 38.1 Å². The van der Waals surface area contributed by atoms with Crippen molar-refractivity contribution in [2.24, 2.45) is 0 Å². The fourth-order valence-electron chi connectivity index (χ4n) is 3.02. The minimum absolute atomic E-state index is 0.153. The molecule has 1 aliphatic heterocycles. The van der Waals surface area contributed by atoms with E-state index in [9.17, 15) is 0 Å². The third-order valence-electron chi connectivity index (χ3n) is 4.24. The average Bonchev–Trinajstić information content (AvgIpc) is 2.49. The second-order valence-corrected chi connectivity index (χ2v) is 5.66. The molecule has 0 spiro atoms. The third-order valence-corrected chi connectivity index (χ3v) is 4.24. The van der Waals surface area contributed by atoms with Crippen molar-refractivity contribution in [3.05, 3.63) is 54.2 Å². The van der Waals surface area contributed by atoms with Crippen LogP contribution in [-0.2, 0) is 0 Å². The average molecular weight is 253 g/mol. The van der Waals surface area contributed by atoms with Crippen LogP contribution in [0, 0.1) is 6.42 Å². The predicted molar refractivity (Wildman–Crippen MR) is 79.5 cm³/mol. The molecule has 1 fully saturated rings. The first-order valence-corrected chi connectivity index (χ1v) is 7.19. The summed E-state index contributed by atoms with van der Waals surface area (Å²) in [6, 6.07) is 4.14. The molecule has 1 aliphatic carbocycles. The van der Waals surface area contributed by atoms with E-state index in [1.165, 1.54) is 36.0 Å². The van der Waals surface area contributed by atoms with E-state index in [4.69, 9.17) is 0 Å². The van der Waals surface area contributed by atoms with Crippen molar-refractivity contribution in [3.63, 3.8) is 0 Å². The number of hydrogen-bond donors (Lipinski definition) is 1. The van der Waals surface area contributed by atoms with Gasteiger partial charge in [0.2, 0.25) is 0 Å². The highest BCUT2D eigenvalue weighted by molar-refractivity contribution is 5.76. The summed E-state index contributed by atoms with van der Waals surface area (Å²) >= 11 is 0. The zero-order chi connectivity index (χ0) is 13.1. The maximum absolute atomic E-state index is 4.22. The van der Waals surface area contributed by atoms with E-state index < -0.39 is 0 Å². The quantitative estimate of drug-likeness (QED) is 0.872. The van der Waals surface area contributed by atoms with Gasteiger partial charge in [-0.1, -0.05) is 24.6 Å². The fraction of sp³-hybridized carbons (Fsp3) is 0.412. The van der Waals surface area contributed by atoms with Crippen LogP contribution >= 0.6 is 0 Å². The van der Waals surface area contributed by atoms with Crippen molar-refractivity contribution in [3.8, 4) is 0 Å². The molecule has 1 N–H and O–H groups in total. The van der Waals surface area contributed by atoms with Gasteiger partial charge < -0.3 is 5.32 Å². The Labute approximate surface area is 115 Å². The van der Waals surface area contributed by atoms with E-state index in [0.29, 0.717) is 0 Å². The maximum atomic E-state index is 4.22. The molecule has 2 heterocycles. The van der Waals surface area contributed by atoms with Crippen LogP contribution < -0.4 is 5.32 Å². The Hall–Kier alpha value is -1.41. The molecule has 1 saturated heterocycles. The standard InChI is InChI=1S/C17H21N2/c1-17(9-2-3-11-19-17)16-8-4-6-14(12-16)15-7-5-10-18-13-15/h5-8,10,12-13,19H,2-4,9,11H2,1H3/t17-/m0/s1. The fourth-order valence-corrected chi connectivity index (χ4v) is 3.02. The Balaban J connectivity index is 1.87. The van der Waals surface area contributed by atoms with E-state index in [1.54, 1.807) is 0 Å². The number of aromatic nitrogens is 1. The number of nitrogens with one attached hydrogen (secondary N) is 1.